The van der Waals surface area contributed by atoms with Gasteiger partial charge in [-0.15, -0.1) is 0 Å². The number of alkyl halides is 1. The maximum atomic E-state index is 15.0. The minimum absolute atomic E-state index is 0.261. The third-order valence-corrected chi connectivity index (χ3v) is 9.25. The van der Waals surface area contributed by atoms with Crippen molar-refractivity contribution < 1.29 is 23.5 Å². The Morgan fingerprint density at radius 3 is 2.48 bits per heavy atom. The molecule has 0 aromatic carbocycles. The smallest absolute Gasteiger partial charge is 0.335 e. The van der Waals surface area contributed by atoms with E-state index < -0.39 is 50.1 Å². The summed E-state index contributed by atoms with van der Waals surface area (Å²) in [6.07, 6.45) is -5.18. The highest BCUT2D eigenvalue weighted by molar-refractivity contribution is 6.74. The van der Waals surface area contributed by atoms with Crippen molar-refractivity contribution in [3.8, 4) is 0 Å². The molecule has 1 aromatic heterocycles. The largest absolute Gasteiger partial charge is 0.479 e. The van der Waals surface area contributed by atoms with Crippen LogP contribution in [0.15, 0.2) is 21.9 Å². The fourth-order valence-corrected chi connectivity index (χ4v) is 3.61. The van der Waals surface area contributed by atoms with E-state index in [9.17, 15) is 19.5 Å². The average Bonchev–Trinajstić information content (AvgIpc) is 2.75. The van der Waals surface area contributed by atoms with Crippen LogP contribution >= 0.6 is 0 Å². The van der Waals surface area contributed by atoms with E-state index in [4.69, 9.17) is 9.16 Å². The number of nitrogens with one attached hydrogen (secondary N) is 1. The van der Waals surface area contributed by atoms with Crippen LogP contribution in [0.4, 0.5) is 4.39 Å². The summed E-state index contributed by atoms with van der Waals surface area (Å²) >= 11 is 0. The van der Waals surface area contributed by atoms with E-state index >= 15 is 4.39 Å². The van der Waals surface area contributed by atoms with Gasteiger partial charge in [0.1, 0.15) is 6.10 Å². The van der Waals surface area contributed by atoms with Gasteiger partial charge in [0.15, 0.2) is 26.8 Å². The molecule has 0 radical (unpaired) electrons. The molecule has 10 heteroatoms. The highest BCUT2D eigenvalue weighted by Gasteiger charge is 2.54. The minimum atomic E-state index is -2.48. The van der Waals surface area contributed by atoms with Gasteiger partial charge in [-0.2, -0.15) is 0 Å². The third-order valence-electron chi connectivity index (χ3n) is 4.78. The van der Waals surface area contributed by atoms with E-state index in [-0.39, 0.29) is 5.04 Å². The fourth-order valence-electron chi connectivity index (χ4n) is 2.32. The molecule has 25 heavy (non-hydrogen) atoms. The molecule has 1 aliphatic heterocycles. The van der Waals surface area contributed by atoms with E-state index in [1.807, 2.05) is 38.8 Å². The number of carbonyl (C=O) groups is 1. The predicted molar refractivity (Wildman–Crippen MR) is 89.8 cm³/mol. The van der Waals surface area contributed by atoms with E-state index in [1.165, 1.54) is 0 Å². The standard InChI is InChI=1S/C15H23FN2O6Si/c1-15(2,3)25(4,5)24-10-9(16)12(23-11(10)13(20)21)18-7-6-8(19)17-14(18)22/h6-7,9-12H,1-5H3,(H,20,21)(H,17,19,22). The Bertz CT molecular complexity index is 768. The zero-order chi connectivity index (χ0) is 19.2. The summed E-state index contributed by atoms with van der Waals surface area (Å²) in [7, 11) is -2.48. The Morgan fingerprint density at radius 2 is 2.00 bits per heavy atom. The maximum absolute atomic E-state index is 15.0. The van der Waals surface area contributed by atoms with Gasteiger partial charge in [0.25, 0.3) is 5.56 Å². The number of aromatic nitrogens is 2. The zero-order valence-electron chi connectivity index (χ0n) is 14.8. The second kappa shape index (κ2) is 6.50. The number of nitrogens with zero attached hydrogens (tertiary/aromatic N) is 1. The molecule has 0 saturated carbocycles. The van der Waals surface area contributed by atoms with Gasteiger partial charge in [0.2, 0.25) is 0 Å². The average molecular weight is 374 g/mol. The van der Waals surface area contributed by atoms with Crippen LogP contribution in [0.2, 0.25) is 18.1 Å². The van der Waals surface area contributed by atoms with E-state index in [2.05, 4.69) is 0 Å². The van der Waals surface area contributed by atoms with Crippen LogP contribution in [0.25, 0.3) is 0 Å². The molecule has 1 aliphatic rings. The molecule has 1 aromatic rings. The van der Waals surface area contributed by atoms with Crippen LogP contribution in [0.3, 0.4) is 0 Å². The molecule has 1 fully saturated rings. The number of halogens is 1. The third kappa shape index (κ3) is 3.75. The summed E-state index contributed by atoms with van der Waals surface area (Å²) in [5, 5.41) is 9.12. The zero-order valence-corrected chi connectivity index (χ0v) is 15.8. The van der Waals surface area contributed by atoms with Crippen LogP contribution < -0.4 is 11.2 Å². The number of rotatable bonds is 4. The molecule has 4 unspecified atom stereocenters. The van der Waals surface area contributed by atoms with Crippen LogP contribution in [0.5, 0.6) is 0 Å². The number of hydrogen-bond acceptors (Lipinski definition) is 5. The highest BCUT2D eigenvalue weighted by atomic mass is 28.4. The van der Waals surface area contributed by atoms with Crippen molar-refractivity contribution in [2.75, 3.05) is 0 Å². The molecule has 2 rings (SSSR count). The Labute approximate surface area is 144 Å². The van der Waals surface area contributed by atoms with E-state index in [1.54, 1.807) is 0 Å². The molecule has 2 N–H and O–H groups in total. The lowest BCUT2D eigenvalue weighted by molar-refractivity contribution is -0.155. The van der Waals surface area contributed by atoms with Gasteiger partial charge in [-0.05, 0) is 18.1 Å². The maximum Gasteiger partial charge on any atom is 0.335 e. The summed E-state index contributed by atoms with van der Waals surface area (Å²) in [6, 6.07) is 1.04. The molecule has 4 atom stereocenters. The Morgan fingerprint density at radius 1 is 1.40 bits per heavy atom. The first kappa shape index (κ1) is 19.5. The number of carboxylic acid groups (broad SMARTS) is 1. The lowest BCUT2D eigenvalue weighted by Crippen LogP contribution is -2.49. The quantitative estimate of drug-likeness (QED) is 0.768. The van der Waals surface area contributed by atoms with E-state index in [0.717, 1.165) is 16.8 Å². The van der Waals surface area contributed by atoms with Crippen molar-refractivity contribution in [1.82, 2.24) is 9.55 Å². The normalized spacial score (nSPS) is 27.4. The van der Waals surface area contributed by atoms with Crippen molar-refractivity contribution in [2.24, 2.45) is 0 Å². The molecule has 2 heterocycles. The lowest BCUT2D eigenvalue weighted by atomic mass is 10.1. The van der Waals surface area contributed by atoms with E-state index in [0.29, 0.717) is 0 Å². The molecular weight excluding hydrogens is 351 g/mol. The Balaban J connectivity index is 2.38. The summed E-state index contributed by atoms with van der Waals surface area (Å²) in [5.41, 5.74) is -1.52. The molecule has 0 bridgehead atoms. The Hall–Kier alpha value is -1.78. The second-order valence-electron chi connectivity index (χ2n) is 7.59. The summed E-state index contributed by atoms with van der Waals surface area (Å²) < 4.78 is 27.0. The van der Waals surface area contributed by atoms with Crippen molar-refractivity contribution >= 4 is 14.3 Å². The molecule has 1 saturated heterocycles. The molecule has 0 aliphatic carbocycles. The first-order valence-electron chi connectivity index (χ1n) is 7.87. The van der Waals surface area contributed by atoms with Crippen molar-refractivity contribution in [2.45, 2.75) is 63.5 Å². The summed E-state index contributed by atoms with van der Waals surface area (Å²) in [6.45, 7) is 9.59. The van der Waals surface area contributed by atoms with Gasteiger partial charge in [-0.3, -0.25) is 14.3 Å². The van der Waals surface area contributed by atoms with Crippen molar-refractivity contribution in [1.29, 1.82) is 0 Å². The monoisotopic (exact) mass is 374 g/mol. The van der Waals surface area contributed by atoms with Crippen LogP contribution in [-0.2, 0) is 14.0 Å². The molecular formula is C15H23FN2O6Si. The number of aromatic amines is 1. The highest BCUT2D eigenvalue weighted by Crippen LogP contribution is 2.41. The first-order valence-corrected chi connectivity index (χ1v) is 10.8. The molecule has 140 valence electrons. The van der Waals surface area contributed by atoms with Crippen LogP contribution in [0, 0.1) is 0 Å². The van der Waals surface area contributed by atoms with Crippen molar-refractivity contribution in [3.63, 3.8) is 0 Å². The van der Waals surface area contributed by atoms with Crippen LogP contribution in [0.1, 0.15) is 27.0 Å². The first-order chi connectivity index (χ1) is 11.3. The SMILES string of the molecule is CC(C)(C)[Si](C)(C)OC1C(C(=O)O)OC(n2ccc(=O)[nH]c2=O)C1F. The van der Waals surface area contributed by atoms with Gasteiger partial charge < -0.3 is 14.3 Å². The Kier molecular flexibility index (Phi) is 5.08. The molecule has 0 spiro atoms. The topological polar surface area (TPSA) is 111 Å². The van der Waals surface area contributed by atoms with Gasteiger partial charge in [-0.25, -0.2) is 14.0 Å². The summed E-state index contributed by atoms with van der Waals surface area (Å²) in [5.74, 6) is -1.37. The summed E-state index contributed by atoms with van der Waals surface area (Å²) in [4.78, 5) is 36.5. The number of ether oxygens (including phenoxy) is 1. The number of hydrogen-bond donors (Lipinski definition) is 2. The minimum Gasteiger partial charge on any atom is -0.479 e. The lowest BCUT2D eigenvalue weighted by Gasteiger charge is -2.39. The fraction of sp³-hybridized carbons (Fsp3) is 0.667. The van der Waals surface area contributed by atoms with Crippen LogP contribution in [-0.4, -0.2) is 47.3 Å². The van der Waals surface area contributed by atoms with Gasteiger partial charge in [-0.1, -0.05) is 20.8 Å². The van der Waals surface area contributed by atoms with Crippen molar-refractivity contribution in [3.05, 3.63) is 33.1 Å². The number of carboxylic acids is 1. The number of aliphatic carboxylic acids is 1. The van der Waals surface area contributed by atoms with Gasteiger partial charge in [0, 0.05) is 12.3 Å². The molecule has 8 nitrogen and oxygen atoms in total. The van der Waals surface area contributed by atoms with Gasteiger partial charge in [0.05, 0.1) is 0 Å². The second-order valence-corrected chi connectivity index (χ2v) is 12.3. The molecule has 0 amide bonds. The van der Waals surface area contributed by atoms with Gasteiger partial charge >= 0.3 is 11.7 Å². The predicted octanol–water partition coefficient (Wildman–Crippen LogP) is 1.25. The number of H-pyrrole nitrogens is 1.